The lowest BCUT2D eigenvalue weighted by atomic mass is 9.95. The molecule has 2 amide bonds. The van der Waals surface area contributed by atoms with Crippen LogP contribution in [0.15, 0.2) is 47.2 Å². The Balaban J connectivity index is 1.47. The van der Waals surface area contributed by atoms with Crippen molar-refractivity contribution < 1.29 is 14.1 Å². The maximum Gasteiger partial charge on any atom is 0.315 e. The molecule has 1 fully saturated rings. The van der Waals surface area contributed by atoms with Crippen LogP contribution in [0.4, 0.5) is 4.79 Å². The van der Waals surface area contributed by atoms with Crippen molar-refractivity contribution in [2.45, 2.75) is 19.1 Å². The number of hydrogen-bond acceptors (Lipinski definition) is 4. The quantitative estimate of drug-likeness (QED) is 0.888. The minimum absolute atomic E-state index is 0.0528. The van der Waals surface area contributed by atoms with E-state index in [0.29, 0.717) is 24.7 Å². The lowest BCUT2D eigenvalue weighted by Gasteiger charge is -2.19. The van der Waals surface area contributed by atoms with E-state index >= 15 is 0 Å². The predicted molar refractivity (Wildman–Crippen MR) is 80.0 cm³/mol. The van der Waals surface area contributed by atoms with Gasteiger partial charge >= 0.3 is 6.03 Å². The number of carbonyl (C=O) groups excluding carboxylic acids is 1. The summed E-state index contributed by atoms with van der Waals surface area (Å²) in [6, 6.07) is 11.6. The second kappa shape index (κ2) is 7.09. The predicted octanol–water partition coefficient (Wildman–Crippen LogP) is 2.25. The first kappa shape index (κ1) is 14.6. The van der Waals surface area contributed by atoms with Gasteiger partial charge in [0.25, 0.3) is 0 Å². The molecule has 22 heavy (non-hydrogen) atoms. The van der Waals surface area contributed by atoms with Crippen molar-refractivity contribution in [2.24, 2.45) is 5.92 Å². The fraction of sp³-hybridized carbons (Fsp3) is 0.375. The Labute approximate surface area is 128 Å². The van der Waals surface area contributed by atoms with Crippen LogP contribution in [0.5, 0.6) is 0 Å². The van der Waals surface area contributed by atoms with Gasteiger partial charge in [0, 0.05) is 25.1 Å². The zero-order valence-corrected chi connectivity index (χ0v) is 12.2. The number of nitrogens with zero attached hydrogens (tertiary/aromatic N) is 1. The third-order valence-corrected chi connectivity index (χ3v) is 3.79. The third-order valence-electron chi connectivity index (χ3n) is 3.79. The molecular weight excluding hydrogens is 282 g/mol. The van der Waals surface area contributed by atoms with E-state index in [-0.39, 0.29) is 12.1 Å². The van der Waals surface area contributed by atoms with Crippen LogP contribution in [-0.4, -0.2) is 24.3 Å². The number of amides is 2. The Bertz CT molecular complexity index is 586. The molecule has 2 atom stereocenters. The molecule has 6 heteroatoms. The van der Waals surface area contributed by atoms with Crippen LogP contribution < -0.4 is 10.6 Å². The number of urea groups is 1. The van der Waals surface area contributed by atoms with E-state index in [1.54, 1.807) is 6.07 Å². The zero-order valence-electron chi connectivity index (χ0n) is 12.2. The summed E-state index contributed by atoms with van der Waals surface area (Å²) < 4.78 is 10.5. The highest BCUT2D eigenvalue weighted by molar-refractivity contribution is 5.73. The molecule has 0 aliphatic carbocycles. The summed E-state index contributed by atoms with van der Waals surface area (Å²) >= 11 is 0. The molecule has 2 N–H and O–H groups in total. The van der Waals surface area contributed by atoms with Crippen molar-refractivity contribution in [2.75, 3.05) is 13.2 Å². The first-order valence-electron chi connectivity index (χ1n) is 7.40. The van der Waals surface area contributed by atoms with Crippen molar-refractivity contribution in [3.63, 3.8) is 0 Å². The highest BCUT2D eigenvalue weighted by Gasteiger charge is 2.29. The molecule has 6 nitrogen and oxygen atoms in total. The van der Waals surface area contributed by atoms with Gasteiger partial charge in [0.05, 0.1) is 12.6 Å². The number of aromatic nitrogens is 1. The summed E-state index contributed by atoms with van der Waals surface area (Å²) in [5.74, 6) is 0.292. The van der Waals surface area contributed by atoms with Gasteiger partial charge in [-0.15, -0.1) is 0 Å². The van der Waals surface area contributed by atoms with Crippen LogP contribution in [0.25, 0.3) is 0 Å². The van der Waals surface area contributed by atoms with Crippen LogP contribution in [0.1, 0.15) is 23.8 Å². The number of benzene rings is 1. The van der Waals surface area contributed by atoms with Crippen molar-refractivity contribution in [1.82, 2.24) is 15.8 Å². The standard InChI is InChI=1S/C16H19N3O3/c20-16(18-11-14-7-9-22-19-14)17-10-13-6-8-21-15(13)12-4-2-1-3-5-12/h1-5,7,9,13,15H,6,8,10-11H2,(H2,17,18,20)/t13-,15-/m1/s1. The van der Waals surface area contributed by atoms with E-state index in [9.17, 15) is 4.79 Å². The Morgan fingerprint density at radius 2 is 2.09 bits per heavy atom. The summed E-state index contributed by atoms with van der Waals surface area (Å²) in [5, 5.41) is 9.39. The number of nitrogens with one attached hydrogen (secondary N) is 2. The molecule has 116 valence electrons. The largest absolute Gasteiger partial charge is 0.373 e. The van der Waals surface area contributed by atoms with Crippen molar-refractivity contribution >= 4 is 6.03 Å². The smallest absolute Gasteiger partial charge is 0.315 e. The molecule has 1 saturated heterocycles. The molecule has 1 aliphatic heterocycles. The number of rotatable bonds is 5. The Morgan fingerprint density at radius 1 is 1.23 bits per heavy atom. The second-order valence-corrected chi connectivity index (χ2v) is 5.31. The molecule has 1 aromatic heterocycles. The van der Waals surface area contributed by atoms with Crippen LogP contribution in [-0.2, 0) is 11.3 Å². The SMILES string of the molecule is O=C(NCc1ccon1)NC[C@H]1CCO[C@@H]1c1ccccc1. The van der Waals surface area contributed by atoms with Crippen molar-refractivity contribution in [3.05, 3.63) is 53.9 Å². The summed E-state index contributed by atoms with van der Waals surface area (Å²) in [6.07, 6.45) is 2.48. The summed E-state index contributed by atoms with van der Waals surface area (Å²) in [5.41, 5.74) is 1.86. The molecule has 0 unspecified atom stereocenters. The first-order chi connectivity index (χ1) is 10.8. The number of hydrogen-bond donors (Lipinski definition) is 2. The molecule has 1 aromatic carbocycles. The van der Waals surface area contributed by atoms with Crippen LogP contribution in [0, 0.1) is 5.92 Å². The maximum atomic E-state index is 11.8. The zero-order chi connectivity index (χ0) is 15.2. The molecule has 3 rings (SSSR count). The molecule has 0 bridgehead atoms. The van der Waals surface area contributed by atoms with Gasteiger partial charge in [-0.05, 0) is 12.0 Å². The normalized spacial score (nSPS) is 20.7. The lowest BCUT2D eigenvalue weighted by Crippen LogP contribution is -2.38. The van der Waals surface area contributed by atoms with Gasteiger partial charge in [0.1, 0.15) is 12.0 Å². The summed E-state index contributed by atoms with van der Waals surface area (Å²) in [6.45, 7) is 1.67. The topological polar surface area (TPSA) is 76.4 Å². The van der Waals surface area contributed by atoms with Gasteiger partial charge < -0.3 is 19.9 Å². The molecule has 1 aliphatic rings. The minimum Gasteiger partial charge on any atom is -0.373 e. The van der Waals surface area contributed by atoms with Crippen LogP contribution >= 0.6 is 0 Å². The van der Waals surface area contributed by atoms with Gasteiger partial charge in [-0.25, -0.2) is 4.79 Å². The fourth-order valence-corrected chi connectivity index (χ4v) is 2.64. The first-order valence-corrected chi connectivity index (χ1v) is 7.40. The molecule has 2 aromatic rings. The molecular formula is C16H19N3O3. The van der Waals surface area contributed by atoms with Crippen molar-refractivity contribution in [3.8, 4) is 0 Å². The minimum atomic E-state index is -0.207. The Hall–Kier alpha value is -2.34. The van der Waals surface area contributed by atoms with Crippen LogP contribution in [0.2, 0.25) is 0 Å². The van der Waals surface area contributed by atoms with Crippen LogP contribution in [0.3, 0.4) is 0 Å². The van der Waals surface area contributed by atoms with E-state index < -0.39 is 0 Å². The van der Waals surface area contributed by atoms with Gasteiger partial charge in [0.2, 0.25) is 0 Å². The monoisotopic (exact) mass is 301 g/mol. The summed E-state index contributed by atoms with van der Waals surface area (Å²) in [4.78, 5) is 11.8. The summed E-state index contributed by atoms with van der Waals surface area (Å²) in [7, 11) is 0. The number of carbonyl (C=O) groups is 1. The number of ether oxygens (including phenoxy) is 1. The highest BCUT2D eigenvalue weighted by atomic mass is 16.5. The highest BCUT2D eigenvalue weighted by Crippen LogP contribution is 2.33. The van der Waals surface area contributed by atoms with E-state index in [1.165, 1.54) is 6.26 Å². The fourth-order valence-electron chi connectivity index (χ4n) is 2.64. The van der Waals surface area contributed by atoms with E-state index in [4.69, 9.17) is 9.26 Å². The lowest BCUT2D eigenvalue weighted by molar-refractivity contribution is 0.0910. The average molecular weight is 301 g/mol. The second-order valence-electron chi connectivity index (χ2n) is 5.31. The Kier molecular flexibility index (Phi) is 4.70. The van der Waals surface area contributed by atoms with Gasteiger partial charge in [-0.3, -0.25) is 0 Å². The van der Waals surface area contributed by atoms with Gasteiger partial charge in [-0.1, -0.05) is 35.5 Å². The van der Waals surface area contributed by atoms with Gasteiger partial charge in [0.15, 0.2) is 0 Å². The van der Waals surface area contributed by atoms with E-state index in [0.717, 1.165) is 18.6 Å². The van der Waals surface area contributed by atoms with Gasteiger partial charge in [-0.2, -0.15) is 0 Å². The average Bonchev–Trinajstić information content (AvgIpc) is 3.23. The van der Waals surface area contributed by atoms with E-state index in [1.807, 2.05) is 18.2 Å². The maximum absolute atomic E-state index is 11.8. The third kappa shape index (κ3) is 3.65. The van der Waals surface area contributed by atoms with E-state index in [2.05, 4.69) is 27.9 Å². The molecule has 0 radical (unpaired) electrons. The molecule has 0 saturated carbocycles. The Morgan fingerprint density at radius 3 is 2.86 bits per heavy atom. The molecule has 2 heterocycles. The van der Waals surface area contributed by atoms with Crippen molar-refractivity contribution in [1.29, 1.82) is 0 Å². The molecule has 0 spiro atoms.